The van der Waals surface area contributed by atoms with Crippen molar-refractivity contribution in [2.24, 2.45) is 0 Å². The monoisotopic (exact) mass is 354 g/mol. The number of nitrogens with one attached hydrogen (secondary N) is 1. The van der Waals surface area contributed by atoms with E-state index in [-0.39, 0.29) is 5.91 Å². The van der Waals surface area contributed by atoms with Gasteiger partial charge in [-0.1, -0.05) is 18.2 Å². The number of nitrogens with zero attached hydrogens (tertiary/aromatic N) is 1. The molecule has 24 heavy (non-hydrogen) atoms. The van der Waals surface area contributed by atoms with E-state index in [1.165, 1.54) is 0 Å². The van der Waals surface area contributed by atoms with Gasteiger partial charge in [0.05, 0.1) is 23.2 Å². The van der Waals surface area contributed by atoms with Gasteiger partial charge in [-0.05, 0) is 35.7 Å². The Bertz CT molecular complexity index is 937. The fraction of sp³-hybridized carbons (Fsp3) is 0.111. The zero-order valence-corrected chi connectivity index (χ0v) is 14.3. The molecule has 0 fully saturated rings. The summed E-state index contributed by atoms with van der Waals surface area (Å²) in [6.07, 6.45) is 0.406. The van der Waals surface area contributed by atoms with Crippen LogP contribution in [0.1, 0.15) is 10.6 Å². The highest BCUT2D eigenvalue weighted by molar-refractivity contribution is 7.21. The molecule has 0 radical (unpaired) electrons. The normalized spacial score (nSPS) is 11.0. The molecule has 3 aromatic heterocycles. The van der Waals surface area contributed by atoms with Gasteiger partial charge in [-0.2, -0.15) is 0 Å². The van der Waals surface area contributed by atoms with Crippen molar-refractivity contribution in [2.75, 3.05) is 0 Å². The molecular weight excluding hydrogens is 340 g/mol. The highest BCUT2D eigenvalue weighted by atomic mass is 32.1. The van der Waals surface area contributed by atoms with Gasteiger partial charge in [-0.25, -0.2) is 4.98 Å². The summed E-state index contributed by atoms with van der Waals surface area (Å²) in [5.74, 6) is 1.46. The molecule has 0 aliphatic carbocycles. The van der Waals surface area contributed by atoms with E-state index in [1.54, 1.807) is 22.7 Å². The molecule has 120 valence electrons. The van der Waals surface area contributed by atoms with Crippen LogP contribution in [0.2, 0.25) is 0 Å². The van der Waals surface area contributed by atoms with Crippen molar-refractivity contribution in [2.45, 2.75) is 13.0 Å². The average molecular weight is 354 g/mol. The lowest BCUT2D eigenvalue weighted by Gasteiger charge is -2.01. The number of rotatable bonds is 5. The number of fused-ring (bicyclic) bond motifs is 1. The van der Waals surface area contributed by atoms with Gasteiger partial charge >= 0.3 is 0 Å². The zero-order valence-electron chi connectivity index (χ0n) is 12.7. The van der Waals surface area contributed by atoms with Gasteiger partial charge in [-0.15, -0.1) is 22.7 Å². The molecule has 0 saturated heterocycles. The molecule has 0 saturated carbocycles. The van der Waals surface area contributed by atoms with Crippen molar-refractivity contribution >= 4 is 38.8 Å². The van der Waals surface area contributed by atoms with E-state index >= 15 is 0 Å². The maximum atomic E-state index is 11.9. The summed E-state index contributed by atoms with van der Waals surface area (Å²) >= 11 is 3.19. The fourth-order valence-electron chi connectivity index (χ4n) is 2.39. The first kappa shape index (κ1) is 15.1. The molecule has 1 aromatic carbocycles. The Morgan fingerprint density at radius 2 is 2.04 bits per heavy atom. The lowest BCUT2D eigenvalue weighted by molar-refractivity contribution is -0.120. The molecule has 1 N–H and O–H groups in total. The topological polar surface area (TPSA) is 55.1 Å². The number of aromatic nitrogens is 1. The molecule has 4 nitrogen and oxygen atoms in total. The number of thiophene rings is 1. The van der Waals surface area contributed by atoms with Gasteiger partial charge in [0.25, 0.3) is 0 Å². The maximum absolute atomic E-state index is 11.9. The quantitative estimate of drug-likeness (QED) is 0.575. The number of thiazole rings is 1. The van der Waals surface area contributed by atoms with Crippen LogP contribution in [0, 0.1) is 0 Å². The Morgan fingerprint density at radius 3 is 2.88 bits per heavy atom. The summed E-state index contributed by atoms with van der Waals surface area (Å²) in [6.45, 7) is 0.384. The van der Waals surface area contributed by atoms with E-state index in [0.29, 0.717) is 13.0 Å². The second-order valence-electron chi connectivity index (χ2n) is 5.29. The van der Waals surface area contributed by atoms with Gasteiger partial charge < -0.3 is 9.73 Å². The summed E-state index contributed by atoms with van der Waals surface area (Å²) in [7, 11) is 0. The van der Waals surface area contributed by atoms with Gasteiger partial charge in [0.2, 0.25) is 5.91 Å². The number of amides is 1. The highest BCUT2D eigenvalue weighted by Gasteiger charge is 2.11. The maximum Gasteiger partial charge on any atom is 0.225 e. The summed E-state index contributed by atoms with van der Waals surface area (Å²) in [6, 6.07) is 15.7. The van der Waals surface area contributed by atoms with Crippen LogP contribution >= 0.6 is 22.7 Å². The van der Waals surface area contributed by atoms with Crippen molar-refractivity contribution in [3.63, 3.8) is 0 Å². The molecule has 0 bridgehead atoms. The van der Waals surface area contributed by atoms with Gasteiger partial charge in [-0.3, -0.25) is 4.79 Å². The lowest BCUT2D eigenvalue weighted by Crippen LogP contribution is -2.23. The van der Waals surface area contributed by atoms with Crippen molar-refractivity contribution in [1.82, 2.24) is 10.3 Å². The van der Waals surface area contributed by atoms with Gasteiger partial charge in [0.1, 0.15) is 5.76 Å². The molecule has 3 heterocycles. The van der Waals surface area contributed by atoms with Crippen molar-refractivity contribution in [1.29, 1.82) is 0 Å². The molecule has 0 atom stereocenters. The standard InChI is InChI=1S/C18H14N2O2S2/c21-17(10-13-4-3-9-23-13)19-11-12-7-8-15(22-12)18-20-14-5-1-2-6-16(14)24-18/h1-9H,10-11H2,(H,19,21). The number of carbonyl (C=O) groups is 1. The Balaban J connectivity index is 1.42. The van der Waals surface area contributed by atoms with Crippen LogP contribution in [0.25, 0.3) is 21.0 Å². The minimum absolute atomic E-state index is 0.00427. The van der Waals surface area contributed by atoms with E-state index in [2.05, 4.69) is 10.3 Å². The van der Waals surface area contributed by atoms with Crippen LogP contribution in [0.3, 0.4) is 0 Å². The number of hydrogen-bond donors (Lipinski definition) is 1. The first-order valence-corrected chi connectivity index (χ1v) is 9.21. The summed E-state index contributed by atoms with van der Waals surface area (Å²) in [5, 5.41) is 5.71. The first-order valence-electron chi connectivity index (χ1n) is 7.52. The summed E-state index contributed by atoms with van der Waals surface area (Å²) in [4.78, 5) is 17.6. The van der Waals surface area contributed by atoms with Gasteiger partial charge in [0.15, 0.2) is 10.8 Å². The third-order valence-electron chi connectivity index (χ3n) is 3.54. The Morgan fingerprint density at radius 1 is 1.12 bits per heavy atom. The van der Waals surface area contributed by atoms with E-state index in [9.17, 15) is 4.79 Å². The average Bonchev–Trinajstić information content (AvgIpc) is 3.32. The fourth-order valence-corrected chi connectivity index (χ4v) is 4.02. The van der Waals surface area contributed by atoms with Crippen LogP contribution in [-0.2, 0) is 17.8 Å². The lowest BCUT2D eigenvalue weighted by atomic mass is 10.3. The summed E-state index contributed by atoms with van der Waals surface area (Å²) < 4.78 is 6.95. The molecule has 1 amide bonds. The number of carbonyl (C=O) groups excluding carboxylic acids is 1. The van der Waals surface area contributed by atoms with Crippen molar-refractivity contribution < 1.29 is 9.21 Å². The third-order valence-corrected chi connectivity index (χ3v) is 5.47. The van der Waals surface area contributed by atoms with Crippen molar-refractivity contribution in [3.8, 4) is 10.8 Å². The van der Waals surface area contributed by atoms with Gasteiger partial charge in [0, 0.05) is 4.88 Å². The minimum atomic E-state index is -0.00427. The molecular formula is C18H14N2O2S2. The predicted octanol–water partition coefficient (Wildman–Crippen LogP) is 4.48. The smallest absolute Gasteiger partial charge is 0.225 e. The van der Waals surface area contributed by atoms with Crippen LogP contribution in [0.15, 0.2) is 58.3 Å². The van der Waals surface area contributed by atoms with E-state index < -0.39 is 0 Å². The van der Waals surface area contributed by atoms with E-state index in [1.807, 2.05) is 53.9 Å². The third kappa shape index (κ3) is 3.25. The SMILES string of the molecule is O=C(Cc1cccs1)NCc1ccc(-c2nc3ccccc3s2)o1. The second kappa shape index (κ2) is 6.59. The summed E-state index contributed by atoms with van der Waals surface area (Å²) in [5.41, 5.74) is 0.972. The van der Waals surface area contributed by atoms with Crippen LogP contribution in [-0.4, -0.2) is 10.9 Å². The largest absolute Gasteiger partial charge is 0.457 e. The first-order chi connectivity index (χ1) is 11.8. The number of benzene rings is 1. The Labute approximate surface area is 146 Å². The molecule has 4 aromatic rings. The molecule has 0 spiro atoms. The molecule has 0 unspecified atom stereocenters. The molecule has 6 heteroatoms. The molecule has 0 aliphatic heterocycles. The Hall–Kier alpha value is -2.44. The van der Waals surface area contributed by atoms with E-state index in [0.717, 1.165) is 31.6 Å². The number of furan rings is 1. The van der Waals surface area contributed by atoms with Crippen LogP contribution in [0.4, 0.5) is 0 Å². The highest BCUT2D eigenvalue weighted by Crippen LogP contribution is 2.31. The van der Waals surface area contributed by atoms with Crippen molar-refractivity contribution in [3.05, 3.63) is 64.5 Å². The number of para-hydroxylation sites is 1. The second-order valence-corrected chi connectivity index (χ2v) is 7.35. The van der Waals surface area contributed by atoms with E-state index in [4.69, 9.17) is 4.42 Å². The molecule has 0 aliphatic rings. The van der Waals surface area contributed by atoms with Crippen LogP contribution in [0.5, 0.6) is 0 Å². The predicted molar refractivity (Wildman–Crippen MR) is 97.2 cm³/mol. The molecule has 4 rings (SSSR count). The number of hydrogen-bond acceptors (Lipinski definition) is 5. The minimum Gasteiger partial charge on any atom is -0.457 e. The Kier molecular flexibility index (Phi) is 4.15. The van der Waals surface area contributed by atoms with Crippen LogP contribution < -0.4 is 5.32 Å². The zero-order chi connectivity index (χ0) is 16.4.